The number of ketones is 1. The molecule has 4 nitrogen and oxygen atoms in total. The highest BCUT2D eigenvalue weighted by atomic mass is 16.3. The third-order valence-electron chi connectivity index (χ3n) is 3.15. The van der Waals surface area contributed by atoms with Crippen LogP contribution in [-0.2, 0) is 4.79 Å². The fourth-order valence-electron chi connectivity index (χ4n) is 1.74. The van der Waals surface area contributed by atoms with Crippen molar-refractivity contribution < 1.29 is 20.1 Å². The minimum atomic E-state index is -1.65. The molecule has 0 spiro atoms. The lowest BCUT2D eigenvalue weighted by Gasteiger charge is -2.40. The summed E-state index contributed by atoms with van der Waals surface area (Å²) in [7, 11) is 0. The van der Waals surface area contributed by atoms with Gasteiger partial charge in [0, 0.05) is 6.42 Å². The first kappa shape index (κ1) is 11.6. The topological polar surface area (TPSA) is 77.8 Å². The van der Waals surface area contributed by atoms with E-state index in [2.05, 4.69) is 0 Å². The second-order valence-electron chi connectivity index (χ2n) is 4.88. The van der Waals surface area contributed by atoms with Crippen LogP contribution in [0.3, 0.4) is 0 Å². The van der Waals surface area contributed by atoms with Crippen LogP contribution in [0.25, 0.3) is 0 Å². The first-order valence-electron chi connectivity index (χ1n) is 4.82. The van der Waals surface area contributed by atoms with Crippen LogP contribution >= 0.6 is 0 Å². The van der Waals surface area contributed by atoms with E-state index < -0.39 is 23.1 Å². The molecule has 0 saturated heterocycles. The van der Waals surface area contributed by atoms with Crippen LogP contribution in [-0.4, -0.2) is 38.4 Å². The second kappa shape index (κ2) is 3.29. The van der Waals surface area contributed by atoms with Gasteiger partial charge in [-0.3, -0.25) is 4.79 Å². The summed E-state index contributed by atoms with van der Waals surface area (Å²) in [5, 5.41) is 28.9. The Hall–Kier alpha value is -0.450. The molecule has 0 bridgehead atoms. The summed E-state index contributed by atoms with van der Waals surface area (Å²) in [4.78, 5) is 11.5. The van der Waals surface area contributed by atoms with Crippen molar-refractivity contribution in [1.82, 2.24) is 0 Å². The molecule has 1 aliphatic carbocycles. The van der Waals surface area contributed by atoms with E-state index in [1.54, 1.807) is 13.8 Å². The van der Waals surface area contributed by atoms with Crippen LogP contribution in [0.5, 0.6) is 0 Å². The van der Waals surface area contributed by atoms with Gasteiger partial charge < -0.3 is 15.3 Å². The molecular weight excluding hydrogens is 184 g/mol. The van der Waals surface area contributed by atoms with E-state index in [1.807, 2.05) is 0 Å². The Morgan fingerprint density at radius 1 is 1.50 bits per heavy atom. The molecule has 0 aliphatic heterocycles. The van der Waals surface area contributed by atoms with Gasteiger partial charge in [-0.25, -0.2) is 0 Å². The number of rotatable bonds is 1. The maximum absolute atomic E-state index is 11.5. The van der Waals surface area contributed by atoms with Crippen molar-refractivity contribution in [2.45, 2.75) is 50.9 Å². The molecule has 4 heteroatoms. The van der Waals surface area contributed by atoms with Crippen LogP contribution in [0, 0.1) is 5.92 Å². The lowest BCUT2D eigenvalue weighted by molar-refractivity contribution is -0.164. The maximum Gasteiger partial charge on any atom is 0.167 e. The molecule has 3 unspecified atom stereocenters. The molecule has 3 N–H and O–H groups in total. The number of carbonyl (C=O) groups is 1. The Bertz CT molecular complexity index is 239. The van der Waals surface area contributed by atoms with E-state index in [4.69, 9.17) is 0 Å². The summed E-state index contributed by atoms with van der Waals surface area (Å²) in [6, 6.07) is 0. The number of aliphatic hydroxyl groups excluding tert-OH is 1. The molecule has 0 aromatic carbocycles. The van der Waals surface area contributed by atoms with Crippen molar-refractivity contribution in [3.8, 4) is 0 Å². The minimum Gasteiger partial charge on any atom is -0.390 e. The van der Waals surface area contributed by atoms with Crippen LogP contribution in [0.15, 0.2) is 0 Å². The Labute approximate surface area is 83.6 Å². The standard InChI is InChI=1S/C10H18O4/c1-9(2,13)6-4-7(11)10(3,14)8(12)5-6/h6-7,11,13-14H,4-5H2,1-3H3. The quantitative estimate of drug-likeness (QED) is 0.552. The van der Waals surface area contributed by atoms with Crippen molar-refractivity contribution in [2.75, 3.05) is 0 Å². The number of hydrogen-bond acceptors (Lipinski definition) is 4. The molecule has 1 aliphatic rings. The monoisotopic (exact) mass is 202 g/mol. The van der Waals surface area contributed by atoms with Gasteiger partial charge in [-0.15, -0.1) is 0 Å². The summed E-state index contributed by atoms with van der Waals surface area (Å²) in [6.45, 7) is 4.54. The average Bonchev–Trinajstić information content (AvgIpc) is 1.98. The van der Waals surface area contributed by atoms with Gasteiger partial charge in [0.15, 0.2) is 5.78 Å². The lowest BCUT2D eigenvalue weighted by Crippen LogP contribution is -2.55. The van der Waals surface area contributed by atoms with E-state index in [0.717, 1.165) is 0 Å². The average molecular weight is 202 g/mol. The van der Waals surface area contributed by atoms with E-state index in [9.17, 15) is 20.1 Å². The maximum atomic E-state index is 11.5. The lowest BCUT2D eigenvalue weighted by atomic mass is 9.71. The summed E-state index contributed by atoms with van der Waals surface area (Å²) < 4.78 is 0. The Balaban J connectivity index is 2.81. The molecule has 1 rings (SSSR count). The van der Waals surface area contributed by atoms with Crippen LogP contribution in [0.2, 0.25) is 0 Å². The normalized spacial score (nSPS) is 40.0. The molecule has 0 amide bonds. The molecule has 0 aromatic rings. The number of hydrogen-bond donors (Lipinski definition) is 3. The van der Waals surface area contributed by atoms with Gasteiger partial charge >= 0.3 is 0 Å². The SMILES string of the molecule is CC(C)(O)C1CC(=O)C(C)(O)C(O)C1. The predicted octanol–water partition coefficient (Wildman–Crippen LogP) is -0.152. The number of Topliss-reactive ketones (excluding diaryl/α,β-unsaturated/α-hetero) is 1. The van der Waals surface area contributed by atoms with E-state index in [0.29, 0.717) is 0 Å². The van der Waals surface area contributed by atoms with Crippen molar-refractivity contribution in [1.29, 1.82) is 0 Å². The Kier molecular flexibility index (Phi) is 2.73. The van der Waals surface area contributed by atoms with Crippen molar-refractivity contribution in [3.63, 3.8) is 0 Å². The second-order valence-corrected chi connectivity index (χ2v) is 4.88. The number of carbonyl (C=O) groups excluding carboxylic acids is 1. The summed E-state index contributed by atoms with van der Waals surface area (Å²) >= 11 is 0. The van der Waals surface area contributed by atoms with Gasteiger partial charge in [0.1, 0.15) is 5.60 Å². The van der Waals surface area contributed by atoms with Gasteiger partial charge in [-0.05, 0) is 33.1 Å². The number of aliphatic hydroxyl groups is 3. The molecular formula is C10H18O4. The van der Waals surface area contributed by atoms with Crippen LogP contribution < -0.4 is 0 Å². The summed E-state index contributed by atoms with van der Waals surface area (Å²) in [6.07, 6.45) is -0.712. The molecule has 1 fully saturated rings. The molecule has 82 valence electrons. The van der Waals surface area contributed by atoms with E-state index >= 15 is 0 Å². The van der Waals surface area contributed by atoms with Crippen molar-refractivity contribution in [2.24, 2.45) is 5.92 Å². The first-order chi connectivity index (χ1) is 6.15. The van der Waals surface area contributed by atoms with Crippen LogP contribution in [0.1, 0.15) is 33.6 Å². The van der Waals surface area contributed by atoms with Gasteiger partial charge in [0.25, 0.3) is 0 Å². The van der Waals surface area contributed by atoms with E-state index in [1.165, 1.54) is 6.92 Å². The molecule has 0 heterocycles. The highest BCUT2D eigenvalue weighted by Crippen LogP contribution is 2.35. The third-order valence-corrected chi connectivity index (χ3v) is 3.15. The van der Waals surface area contributed by atoms with Crippen molar-refractivity contribution in [3.05, 3.63) is 0 Å². The fraction of sp³-hybridized carbons (Fsp3) is 0.900. The fourth-order valence-corrected chi connectivity index (χ4v) is 1.74. The molecule has 14 heavy (non-hydrogen) atoms. The van der Waals surface area contributed by atoms with E-state index in [-0.39, 0.29) is 18.8 Å². The highest BCUT2D eigenvalue weighted by molar-refractivity contribution is 5.88. The zero-order valence-electron chi connectivity index (χ0n) is 8.82. The summed E-state index contributed by atoms with van der Waals surface area (Å²) in [5.41, 5.74) is -2.64. The minimum absolute atomic E-state index is 0.119. The molecule has 0 aromatic heterocycles. The van der Waals surface area contributed by atoms with Gasteiger partial charge in [0.2, 0.25) is 0 Å². The third kappa shape index (κ3) is 1.97. The van der Waals surface area contributed by atoms with Crippen LogP contribution in [0.4, 0.5) is 0 Å². The zero-order chi connectivity index (χ0) is 11.1. The summed E-state index contributed by atoms with van der Waals surface area (Å²) in [5.74, 6) is -0.686. The van der Waals surface area contributed by atoms with Gasteiger partial charge in [-0.2, -0.15) is 0 Å². The predicted molar refractivity (Wildman–Crippen MR) is 50.7 cm³/mol. The van der Waals surface area contributed by atoms with Crippen molar-refractivity contribution >= 4 is 5.78 Å². The molecule has 3 atom stereocenters. The van der Waals surface area contributed by atoms with Gasteiger partial charge in [-0.1, -0.05) is 0 Å². The van der Waals surface area contributed by atoms with Gasteiger partial charge in [0.05, 0.1) is 11.7 Å². The smallest absolute Gasteiger partial charge is 0.167 e. The highest BCUT2D eigenvalue weighted by Gasteiger charge is 2.47. The Morgan fingerprint density at radius 3 is 2.36 bits per heavy atom. The zero-order valence-corrected chi connectivity index (χ0v) is 8.82. The Morgan fingerprint density at radius 2 is 2.00 bits per heavy atom. The molecule has 1 saturated carbocycles. The molecule has 0 radical (unpaired) electrons. The largest absolute Gasteiger partial charge is 0.390 e. The first-order valence-corrected chi connectivity index (χ1v) is 4.82.